The first kappa shape index (κ1) is 26.3. The molecule has 1 aromatic heterocycles. The Morgan fingerprint density at radius 3 is 2.61 bits per heavy atom. The number of unbranched alkanes of at least 4 members (excludes halogenated alkanes) is 1. The highest BCUT2D eigenvalue weighted by atomic mass is 16.6. The van der Waals surface area contributed by atoms with Gasteiger partial charge < -0.3 is 25.4 Å². The molecule has 3 rings (SSSR count). The van der Waals surface area contributed by atoms with Crippen molar-refractivity contribution in [3.8, 4) is 0 Å². The summed E-state index contributed by atoms with van der Waals surface area (Å²) in [6.07, 6.45) is 3.73. The first-order chi connectivity index (χ1) is 17.4. The number of hydrogen-bond acceptors (Lipinski definition) is 8. The molecule has 0 aliphatic carbocycles. The number of benzene rings is 1. The second-order valence-electron chi connectivity index (χ2n) is 8.14. The number of esters is 2. The van der Waals surface area contributed by atoms with Crippen molar-refractivity contribution in [3.05, 3.63) is 66.0 Å². The molecule has 1 aliphatic heterocycles. The van der Waals surface area contributed by atoms with Crippen molar-refractivity contribution >= 4 is 29.8 Å². The smallest absolute Gasteiger partial charge is 0.407 e. The van der Waals surface area contributed by atoms with Gasteiger partial charge in [0, 0.05) is 25.4 Å². The van der Waals surface area contributed by atoms with Crippen LogP contribution >= 0.6 is 0 Å². The van der Waals surface area contributed by atoms with Crippen LogP contribution in [0.15, 0.2) is 54.9 Å². The van der Waals surface area contributed by atoms with Crippen LogP contribution in [-0.4, -0.2) is 53.5 Å². The topological polar surface area (TPSA) is 153 Å². The fraction of sp³-hybridized carbons (Fsp3) is 0.360. The van der Waals surface area contributed by atoms with Crippen LogP contribution in [-0.2, 0) is 30.5 Å². The Labute approximate surface area is 207 Å². The number of amides is 3. The summed E-state index contributed by atoms with van der Waals surface area (Å²) in [5.74, 6) is -2.53. The van der Waals surface area contributed by atoms with Gasteiger partial charge in [-0.3, -0.25) is 19.4 Å². The maximum Gasteiger partial charge on any atom is 0.407 e. The highest BCUT2D eigenvalue weighted by molar-refractivity contribution is 5.98. The van der Waals surface area contributed by atoms with Gasteiger partial charge in [-0.1, -0.05) is 30.3 Å². The van der Waals surface area contributed by atoms with E-state index in [9.17, 15) is 24.0 Å². The zero-order valence-electron chi connectivity index (χ0n) is 19.6. The molecule has 36 heavy (non-hydrogen) atoms. The second-order valence-corrected chi connectivity index (χ2v) is 8.14. The van der Waals surface area contributed by atoms with Gasteiger partial charge in [0.25, 0.3) is 5.91 Å². The average Bonchev–Trinajstić information content (AvgIpc) is 2.89. The molecule has 1 fully saturated rings. The lowest BCUT2D eigenvalue weighted by atomic mass is 10.1. The molecule has 2 aromatic rings. The van der Waals surface area contributed by atoms with E-state index in [1.54, 1.807) is 12.1 Å². The summed E-state index contributed by atoms with van der Waals surface area (Å²) in [5, 5.41) is 7.86. The Hall–Kier alpha value is -4.28. The summed E-state index contributed by atoms with van der Waals surface area (Å²) in [5.41, 5.74) is 1.15. The van der Waals surface area contributed by atoms with E-state index in [1.807, 2.05) is 30.3 Å². The zero-order chi connectivity index (χ0) is 25.8. The van der Waals surface area contributed by atoms with E-state index in [1.165, 1.54) is 12.4 Å². The lowest BCUT2D eigenvalue weighted by molar-refractivity contribution is -0.166. The number of pyridine rings is 1. The number of rotatable bonds is 11. The van der Waals surface area contributed by atoms with Gasteiger partial charge in [0.05, 0.1) is 5.56 Å². The molecule has 11 heteroatoms. The van der Waals surface area contributed by atoms with Crippen molar-refractivity contribution in [1.82, 2.24) is 20.9 Å². The molecule has 1 aliphatic rings. The summed E-state index contributed by atoms with van der Waals surface area (Å²) < 4.78 is 9.73. The van der Waals surface area contributed by atoms with Gasteiger partial charge in [-0.2, -0.15) is 0 Å². The van der Waals surface area contributed by atoms with Crippen LogP contribution in [0.2, 0.25) is 0 Å². The lowest BCUT2D eigenvalue weighted by Gasteiger charge is -2.24. The number of carbonyl (C=O) groups excluding carboxylic acids is 5. The Bertz CT molecular complexity index is 1060. The number of aromatic nitrogens is 1. The molecule has 0 spiro atoms. The van der Waals surface area contributed by atoms with Crippen LogP contribution in [0.5, 0.6) is 0 Å². The SMILES string of the molecule is O=C1CC[C@@H](NC(=O)[C@H](CCCCNC(=O)OCc2ccccc2)NC(=O)c2cccnc2)C(=O)O1. The van der Waals surface area contributed by atoms with E-state index in [0.29, 0.717) is 19.4 Å². The Kier molecular flexibility index (Phi) is 9.92. The minimum atomic E-state index is -0.964. The van der Waals surface area contributed by atoms with Gasteiger partial charge in [0.2, 0.25) is 5.91 Å². The molecule has 2 heterocycles. The van der Waals surface area contributed by atoms with Gasteiger partial charge in [-0.15, -0.1) is 0 Å². The van der Waals surface area contributed by atoms with Gasteiger partial charge >= 0.3 is 18.0 Å². The molecule has 2 atom stereocenters. The molecule has 0 bridgehead atoms. The van der Waals surface area contributed by atoms with Crippen LogP contribution in [0.25, 0.3) is 0 Å². The van der Waals surface area contributed by atoms with Crippen molar-refractivity contribution in [2.45, 2.75) is 50.8 Å². The Balaban J connectivity index is 1.47. The van der Waals surface area contributed by atoms with E-state index in [2.05, 4.69) is 25.7 Å². The predicted molar refractivity (Wildman–Crippen MR) is 126 cm³/mol. The maximum atomic E-state index is 12.9. The quantitative estimate of drug-likeness (QED) is 0.241. The first-order valence-corrected chi connectivity index (χ1v) is 11.6. The van der Waals surface area contributed by atoms with Crippen LogP contribution in [0.1, 0.15) is 48.0 Å². The molecule has 0 saturated carbocycles. The highest BCUT2D eigenvalue weighted by Gasteiger charge is 2.32. The molecule has 11 nitrogen and oxygen atoms in total. The minimum Gasteiger partial charge on any atom is -0.445 e. The predicted octanol–water partition coefficient (Wildman–Crippen LogP) is 1.63. The van der Waals surface area contributed by atoms with Crippen molar-refractivity contribution in [3.63, 3.8) is 0 Å². The summed E-state index contributed by atoms with van der Waals surface area (Å²) in [7, 11) is 0. The number of nitrogens with zero attached hydrogens (tertiary/aromatic N) is 1. The Morgan fingerprint density at radius 1 is 1.08 bits per heavy atom. The number of carbonyl (C=O) groups is 5. The molecule has 1 saturated heterocycles. The second kappa shape index (κ2) is 13.6. The number of alkyl carbamates (subject to hydrolysis) is 1. The molecular weight excluding hydrogens is 468 g/mol. The van der Waals surface area contributed by atoms with Gasteiger partial charge in [-0.25, -0.2) is 9.59 Å². The van der Waals surface area contributed by atoms with Gasteiger partial charge in [-0.05, 0) is 43.4 Å². The van der Waals surface area contributed by atoms with Crippen molar-refractivity contribution < 1.29 is 33.4 Å². The lowest BCUT2D eigenvalue weighted by Crippen LogP contribution is -2.53. The van der Waals surface area contributed by atoms with E-state index < -0.39 is 41.9 Å². The monoisotopic (exact) mass is 496 g/mol. The molecule has 3 amide bonds. The van der Waals surface area contributed by atoms with Crippen molar-refractivity contribution in [1.29, 1.82) is 0 Å². The van der Waals surface area contributed by atoms with Crippen LogP contribution in [0.3, 0.4) is 0 Å². The third kappa shape index (κ3) is 8.49. The van der Waals surface area contributed by atoms with Crippen LogP contribution in [0, 0.1) is 0 Å². The maximum absolute atomic E-state index is 12.9. The summed E-state index contributed by atoms with van der Waals surface area (Å²) >= 11 is 0. The largest absolute Gasteiger partial charge is 0.445 e. The van der Waals surface area contributed by atoms with E-state index in [0.717, 1.165) is 5.56 Å². The molecule has 1 aromatic carbocycles. The summed E-state index contributed by atoms with van der Waals surface area (Å²) in [6, 6.07) is 10.5. The molecule has 0 radical (unpaired) electrons. The first-order valence-electron chi connectivity index (χ1n) is 11.6. The van der Waals surface area contributed by atoms with Crippen molar-refractivity contribution in [2.75, 3.05) is 6.54 Å². The normalized spacial score (nSPS) is 15.8. The number of ether oxygens (including phenoxy) is 2. The van der Waals surface area contributed by atoms with E-state index >= 15 is 0 Å². The third-order valence-electron chi connectivity index (χ3n) is 5.40. The minimum absolute atomic E-state index is 0.00936. The molecule has 0 unspecified atom stereocenters. The number of nitrogens with one attached hydrogen (secondary N) is 3. The average molecular weight is 497 g/mol. The van der Waals surface area contributed by atoms with Crippen LogP contribution < -0.4 is 16.0 Å². The molecular formula is C25H28N4O7. The number of hydrogen-bond donors (Lipinski definition) is 3. The highest BCUT2D eigenvalue weighted by Crippen LogP contribution is 2.11. The van der Waals surface area contributed by atoms with Crippen molar-refractivity contribution in [2.24, 2.45) is 0 Å². The fourth-order valence-electron chi connectivity index (χ4n) is 3.46. The fourth-order valence-corrected chi connectivity index (χ4v) is 3.46. The molecule has 190 valence electrons. The van der Waals surface area contributed by atoms with E-state index in [-0.39, 0.29) is 31.4 Å². The zero-order valence-corrected chi connectivity index (χ0v) is 19.6. The van der Waals surface area contributed by atoms with E-state index in [4.69, 9.17) is 4.74 Å². The summed E-state index contributed by atoms with van der Waals surface area (Å²) in [6.45, 7) is 0.472. The third-order valence-corrected chi connectivity index (χ3v) is 5.40. The van der Waals surface area contributed by atoms with Crippen LogP contribution in [0.4, 0.5) is 4.79 Å². The van der Waals surface area contributed by atoms with Gasteiger partial charge in [0.1, 0.15) is 18.7 Å². The standard InChI is InChI=1S/C25H28N4O7/c30-21-12-11-20(24(33)36-21)29-23(32)19(28-22(31)18-9-6-13-26-15-18)10-4-5-14-27-25(34)35-16-17-7-2-1-3-8-17/h1-3,6-9,13,15,19-20H,4-5,10-12,14,16H2,(H,27,34)(H,28,31)(H,29,32)/t19-,20+/m0/s1. The Morgan fingerprint density at radius 2 is 1.89 bits per heavy atom. The van der Waals surface area contributed by atoms with Gasteiger partial charge in [0.15, 0.2) is 0 Å². The molecule has 3 N–H and O–H groups in total. The number of cyclic esters (lactones) is 2. The summed E-state index contributed by atoms with van der Waals surface area (Å²) in [4.78, 5) is 64.4.